The lowest BCUT2D eigenvalue weighted by atomic mass is 9.88. The maximum absolute atomic E-state index is 12.6. The number of alkyl halides is 1. The van der Waals surface area contributed by atoms with E-state index in [9.17, 15) is 9.59 Å². The lowest BCUT2D eigenvalue weighted by Gasteiger charge is -2.48. The first kappa shape index (κ1) is 21.3. The number of piperidine rings is 2. The SMILES string of the molecule is CC1CCCC(C)N1C1CC(C(=O)OCCl)CN(C(=O)OC(C)(C)C)C1. The third-order valence-corrected chi connectivity index (χ3v) is 5.40. The molecule has 0 saturated carbocycles. The molecule has 150 valence electrons. The standard InChI is InChI=1S/C19H33ClN2O4/c1-13-7-6-8-14(2)22(13)16-9-15(17(23)25-12-20)10-21(11-16)18(24)26-19(3,4)5/h13-16H,6-12H2,1-5H3. The predicted octanol–water partition coefficient (Wildman–Crippen LogP) is 3.61. The summed E-state index contributed by atoms with van der Waals surface area (Å²) in [6.45, 7) is 10.9. The molecule has 4 atom stereocenters. The Hall–Kier alpha value is -1.01. The van der Waals surface area contributed by atoms with Gasteiger partial charge in [-0.15, -0.1) is 0 Å². The van der Waals surface area contributed by atoms with Crippen LogP contribution in [0.25, 0.3) is 0 Å². The van der Waals surface area contributed by atoms with Gasteiger partial charge in [-0.3, -0.25) is 9.69 Å². The summed E-state index contributed by atoms with van der Waals surface area (Å²) >= 11 is 5.57. The number of carbonyl (C=O) groups excluding carboxylic acids is 2. The Bertz CT molecular complexity index is 498. The molecule has 2 saturated heterocycles. The molecule has 7 heteroatoms. The zero-order valence-corrected chi connectivity index (χ0v) is 17.4. The van der Waals surface area contributed by atoms with Gasteiger partial charge in [0, 0.05) is 31.2 Å². The van der Waals surface area contributed by atoms with Crippen molar-refractivity contribution in [2.45, 2.75) is 84.0 Å². The third kappa shape index (κ3) is 5.49. The van der Waals surface area contributed by atoms with Crippen molar-refractivity contribution < 1.29 is 19.1 Å². The van der Waals surface area contributed by atoms with Gasteiger partial charge in [-0.05, 0) is 53.9 Å². The number of ether oxygens (including phenoxy) is 2. The van der Waals surface area contributed by atoms with Gasteiger partial charge in [0.2, 0.25) is 0 Å². The van der Waals surface area contributed by atoms with Crippen molar-refractivity contribution in [1.82, 2.24) is 9.80 Å². The lowest BCUT2D eigenvalue weighted by Crippen LogP contribution is -2.59. The van der Waals surface area contributed by atoms with Crippen molar-refractivity contribution in [3.63, 3.8) is 0 Å². The van der Waals surface area contributed by atoms with E-state index in [0.29, 0.717) is 31.6 Å². The highest BCUT2D eigenvalue weighted by molar-refractivity contribution is 6.17. The summed E-state index contributed by atoms with van der Waals surface area (Å²) in [4.78, 5) is 29.1. The molecule has 0 bridgehead atoms. The summed E-state index contributed by atoms with van der Waals surface area (Å²) in [5.41, 5.74) is -0.568. The van der Waals surface area contributed by atoms with Crippen LogP contribution in [0.3, 0.4) is 0 Å². The molecule has 2 heterocycles. The Morgan fingerprint density at radius 2 is 1.73 bits per heavy atom. The summed E-state index contributed by atoms with van der Waals surface area (Å²) in [6.07, 6.45) is 3.82. The van der Waals surface area contributed by atoms with Crippen LogP contribution in [-0.2, 0) is 14.3 Å². The molecule has 0 aromatic heterocycles. The number of halogens is 1. The number of carbonyl (C=O) groups is 2. The van der Waals surface area contributed by atoms with E-state index in [1.165, 1.54) is 6.42 Å². The first-order chi connectivity index (χ1) is 12.1. The molecule has 0 aliphatic carbocycles. The molecule has 0 aromatic carbocycles. The van der Waals surface area contributed by atoms with Gasteiger partial charge >= 0.3 is 12.1 Å². The molecule has 6 nitrogen and oxygen atoms in total. The maximum Gasteiger partial charge on any atom is 0.410 e. The zero-order chi connectivity index (χ0) is 19.5. The summed E-state index contributed by atoms with van der Waals surface area (Å²) in [6, 6.07) is 0.830. The van der Waals surface area contributed by atoms with Gasteiger partial charge in [-0.1, -0.05) is 18.0 Å². The van der Waals surface area contributed by atoms with E-state index >= 15 is 0 Å². The number of nitrogens with zero attached hydrogens (tertiary/aromatic N) is 2. The first-order valence-corrected chi connectivity index (χ1v) is 10.1. The minimum Gasteiger partial charge on any atom is -0.449 e. The second-order valence-corrected chi connectivity index (χ2v) is 8.84. The molecule has 0 radical (unpaired) electrons. The monoisotopic (exact) mass is 388 g/mol. The van der Waals surface area contributed by atoms with Crippen LogP contribution in [0.15, 0.2) is 0 Å². The van der Waals surface area contributed by atoms with Crippen molar-refractivity contribution in [3.05, 3.63) is 0 Å². The normalized spacial score (nSPS) is 30.8. The number of hydrogen-bond acceptors (Lipinski definition) is 5. The van der Waals surface area contributed by atoms with Crippen LogP contribution < -0.4 is 0 Å². The van der Waals surface area contributed by atoms with E-state index in [1.54, 1.807) is 4.90 Å². The topological polar surface area (TPSA) is 59.1 Å². The van der Waals surface area contributed by atoms with Crippen LogP contribution in [0.4, 0.5) is 4.79 Å². The van der Waals surface area contributed by atoms with Gasteiger partial charge in [-0.25, -0.2) is 4.79 Å². The smallest absolute Gasteiger partial charge is 0.410 e. The number of rotatable bonds is 3. The average molecular weight is 389 g/mol. The van der Waals surface area contributed by atoms with E-state index < -0.39 is 5.60 Å². The van der Waals surface area contributed by atoms with E-state index in [-0.39, 0.29) is 30.1 Å². The minimum atomic E-state index is -0.568. The fourth-order valence-corrected chi connectivity index (χ4v) is 4.37. The van der Waals surface area contributed by atoms with Crippen LogP contribution in [0, 0.1) is 5.92 Å². The molecule has 2 rings (SSSR count). The van der Waals surface area contributed by atoms with E-state index in [2.05, 4.69) is 18.7 Å². The molecular weight excluding hydrogens is 356 g/mol. The van der Waals surface area contributed by atoms with Crippen LogP contribution in [0.5, 0.6) is 0 Å². The highest BCUT2D eigenvalue weighted by Gasteiger charge is 2.41. The van der Waals surface area contributed by atoms with Crippen LogP contribution in [-0.4, -0.2) is 64.7 Å². The molecule has 4 unspecified atom stereocenters. The summed E-state index contributed by atoms with van der Waals surface area (Å²) in [5.74, 6) is -0.711. The van der Waals surface area contributed by atoms with Gasteiger partial charge in [0.15, 0.2) is 6.07 Å². The summed E-state index contributed by atoms with van der Waals surface area (Å²) < 4.78 is 10.6. The number of hydrogen-bond donors (Lipinski definition) is 0. The first-order valence-electron chi connectivity index (χ1n) is 9.60. The predicted molar refractivity (Wildman–Crippen MR) is 101 cm³/mol. The second-order valence-electron chi connectivity index (χ2n) is 8.62. The van der Waals surface area contributed by atoms with Crippen LogP contribution >= 0.6 is 11.6 Å². The Labute approximate surface area is 162 Å². The number of amides is 1. The maximum atomic E-state index is 12.6. The van der Waals surface area contributed by atoms with E-state index in [0.717, 1.165) is 12.8 Å². The van der Waals surface area contributed by atoms with Gasteiger partial charge in [0.1, 0.15) is 5.60 Å². The molecule has 0 N–H and O–H groups in total. The molecule has 0 spiro atoms. The largest absolute Gasteiger partial charge is 0.449 e. The quantitative estimate of drug-likeness (QED) is 0.546. The fourth-order valence-electron chi connectivity index (χ4n) is 4.27. The highest BCUT2D eigenvalue weighted by atomic mass is 35.5. The third-order valence-electron chi connectivity index (χ3n) is 5.29. The fraction of sp³-hybridized carbons (Fsp3) is 0.895. The minimum absolute atomic E-state index is 0.120. The molecule has 26 heavy (non-hydrogen) atoms. The van der Waals surface area contributed by atoms with Crippen LogP contribution in [0.1, 0.15) is 60.3 Å². The van der Waals surface area contributed by atoms with Crippen molar-refractivity contribution >= 4 is 23.7 Å². The average Bonchev–Trinajstić information content (AvgIpc) is 2.53. The van der Waals surface area contributed by atoms with Crippen molar-refractivity contribution in [2.75, 3.05) is 19.2 Å². The Morgan fingerprint density at radius 1 is 1.12 bits per heavy atom. The Balaban J connectivity index is 2.18. The van der Waals surface area contributed by atoms with Gasteiger partial charge < -0.3 is 14.4 Å². The lowest BCUT2D eigenvalue weighted by molar-refractivity contribution is -0.149. The second kappa shape index (κ2) is 8.79. The van der Waals surface area contributed by atoms with Crippen molar-refractivity contribution in [3.8, 4) is 0 Å². The molecule has 2 aliphatic heterocycles. The molecule has 1 amide bonds. The highest BCUT2D eigenvalue weighted by Crippen LogP contribution is 2.31. The van der Waals surface area contributed by atoms with E-state index in [4.69, 9.17) is 21.1 Å². The molecule has 2 aliphatic rings. The van der Waals surface area contributed by atoms with Gasteiger partial charge in [-0.2, -0.15) is 0 Å². The molecular formula is C19H33ClN2O4. The number of esters is 1. The summed E-state index contributed by atoms with van der Waals surface area (Å²) in [7, 11) is 0. The van der Waals surface area contributed by atoms with E-state index in [1.807, 2.05) is 20.8 Å². The number of likely N-dealkylation sites (tertiary alicyclic amines) is 2. The van der Waals surface area contributed by atoms with Crippen LogP contribution in [0.2, 0.25) is 0 Å². The van der Waals surface area contributed by atoms with Crippen molar-refractivity contribution in [1.29, 1.82) is 0 Å². The van der Waals surface area contributed by atoms with Crippen molar-refractivity contribution in [2.24, 2.45) is 5.92 Å². The summed E-state index contributed by atoms with van der Waals surface area (Å²) in [5, 5.41) is 0. The molecule has 2 fully saturated rings. The van der Waals surface area contributed by atoms with Gasteiger partial charge in [0.25, 0.3) is 0 Å². The Kier molecular flexibility index (Phi) is 7.19. The Morgan fingerprint density at radius 3 is 2.27 bits per heavy atom. The molecule has 0 aromatic rings. The van der Waals surface area contributed by atoms with Gasteiger partial charge in [0.05, 0.1) is 5.92 Å². The zero-order valence-electron chi connectivity index (χ0n) is 16.7.